The van der Waals surface area contributed by atoms with Crippen LogP contribution in [0.2, 0.25) is 5.02 Å². The minimum Gasteiger partial charge on any atom is -0.489 e. The van der Waals surface area contributed by atoms with Crippen molar-refractivity contribution in [1.29, 1.82) is 0 Å². The Bertz CT molecular complexity index is 1360. The highest BCUT2D eigenvalue weighted by Gasteiger charge is 2.30. The number of pyridine rings is 1. The van der Waals surface area contributed by atoms with Crippen molar-refractivity contribution in [3.8, 4) is 5.75 Å². The molecule has 42 heavy (non-hydrogen) atoms. The number of nitrogens with one attached hydrogen (secondary N) is 3. The second-order valence-electron chi connectivity index (χ2n) is 11.4. The number of aromatic nitrogens is 1. The predicted molar refractivity (Wildman–Crippen MR) is 166 cm³/mol. The quantitative estimate of drug-likeness (QED) is 0.362. The van der Waals surface area contributed by atoms with Gasteiger partial charge < -0.3 is 35.1 Å². The van der Waals surface area contributed by atoms with Gasteiger partial charge in [-0.05, 0) is 58.4 Å². The molecular weight excluding hydrogens is 578 g/mol. The van der Waals surface area contributed by atoms with Crippen LogP contribution in [0.15, 0.2) is 47.9 Å². The molecule has 4 rings (SSSR count). The van der Waals surface area contributed by atoms with Crippen LogP contribution in [0.3, 0.4) is 0 Å². The van der Waals surface area contributed by atoms with E-state index < -0.39 is 5.60 Å². The van der Waals surface area contributed by atoms with Crippen LogP contribution in [-0.2, 0) is 20.8 Å². The van der Waals surface area contributed by atoms with E-state index in [1.807, 2.05) is 52.8 Å². The van der Waals surface area contributed by atoms with Gasteiger partial charge in [0.25, 0.3) is 5.91 Å². The highest BCUT2D eigenvalue weighted by atomic mass is 35.5. The fourth-order valence-electron chi connectivity index (χ4n) is 4.60. The molecule has 0 radical (unpaired) electrons. The van der Waals surface area contributed by atoms with Crippen molar-refractivity contribution in [3.63, 3.8) is 0 Å². The zero-order valence-electron chi connectivity index (χ0n) is 24.6. The molecule has 2 amide bonds. The number of hydrogen-bond donors (Lipinski definition) is 3. The van der Waals surface area contributed by atoms with Gasteiger partial charge in [0.2, 0.25) is 0 Å². The Morgan fingerprint density at radius 2 is 2.10 bits per heavy atom. The van der Waals surface area contributed by atoms with Crippen LogP contribution in [0.25, 0.3) is 0 Å². The maximum absolute atomic E-state index is 13.1. The van der Waals surface area contributed by atoms with E-state index in [-0.39, 0.29) is 30.8 Å². The summed E-state index contributed by atoms with van der Waals surface area (Å²) in [5.41, 5.74) is 2.98. The molecule has 0 saturated carbocycles. The third-order valence-corrected chi connectivity index (χ3v) is 7.45. The Kier molecular flexibility index (Phi) is 10.3. The summed E-state index contributed by atoms with van der Waals surface area (Å²) < 4.78 is 17.5. The molecule has 10 nitrogen and oxygen atoms in total. The predicted octanol–water partition coefficient (Wildman–Crippen LogP) is 4.75. The lowest BCUT2D eigenvalue weighted by atomic mass is 10.0. The van der Waals surface area contributed by atoms with Gasteiger partial charge in [-0.1, -0.05) is 29.9 Å². The van der Waals surface area contributed by atoms with Crippen molar-refractivity contribution in [2.24, 2.45) is 0 Å². The number of anilines is 1. The summed E-state index contributed by atoms with van der Waals surface area (Å²) in [6.45, 7) is 11.2. The number of carbonyl (C=O) groups excluding carboxylic acids is 2. The van der Waals surface area contributed by atoms with Gasteiger partial charge in [0.15, 0.2) is 0 Å². The molecule has 3 N–H and O–H groups in total. The fourth-order valence-corrected chi connectivity index (χ4v) is 5.10. The zero-order chi connectivity index (χ0) is 30.4. The molecule has 2 aliphatic heterocycles. The molecule has 2 aliphatic rings. The summed E-state index contributed by atoms with van der Waals surface area (Å²) in [4.78, 5) is 31.7. The Balaban J connectivity index is 1.43. The number of halogens is 1. The van der Waals surface area contributed by atoms with Gasteiger partial charge in [-0.25, -0.2) is 4.79 Å². The smallest absolute Gasteiger partial charge is 0.410 e. The number of nitrogens with zero attached hydrogens (tertiary/aromatic N) is 2. The fraction of sp³-hybridized carbons (Fsp3) is 0.467. The largest absolute Gasteiger partial charge is 0.489 e. The van der Waals surface area contributed by atoms with Gasteiger partial charge in [-0.3, -0.25) is 9.78 Å². The molecule has 226 valence electrons. The first-order valence-corrected chi connectivity index (χ1v) is 14.7. The molecule has 1 fully saturated rings. The van der Waals surface area contributed by atoms with Crippen LogP contribution >= 0.6 is 23.8 Å². The minimum absolute atomic E-state index is 0.0658. The number of ether oxygens (including phenoxy) is 3. The maximum atomic E-state index is 13.1. The molecule has 0 unspecified atom stereocenters. The highest BCUT2D eigenvalue weighted by Crippen LogP contribution is 2.26. The maximum Gasteiger partial charge on any atom is 0.410 e. The first-order valence-electron chi connectivity index (χ1n) is 13.9. The Morgan fingerprint density at radius 1 is 1.31 bits per heavy atom. The minimum atomic E-state index is -0.570. The second-order valence-corrected chi connectivity index (χ2v) is 12.2. The van der Waals surface area contributed by atoms with E-state index in [0.29, 0.717) is 54.0 Å². The van der Waals surface area contributed by atoms with E-state index in [1.54, 1.807) is 23.4 Å². The van der Waals surface area contributed by atoms with Crippen molar-refractivity contribution < 1.29 is 23.8 Å². The third-order valence-electron chi connectivity index (χ3n) is 6.74. The molecular formula is C30H38ClN5O5S. The summed E-state index contributed by atoms with van der Waals surface area (Å²) in [5.74, 6) is 0.331. The lowest BCUT2D eigenvalue weighted by Crippen LogP contribution is -2.49. The Morgan fingerprint density at radius 3 is 2.86 bits per heavy atom. The average Bonchev–Trinajstić information content (AvgIpc) is 2.92. The number of rotatable bonds is 8. The van der Waals surface area contributed by atoms with Gasteiger partial charge >= 0.3 is 6.09 Å². The molecule has 0 spiro atoms. The van der Waals surface area contributed by atoms with Crippen LogP contribution in [0.4, 0.5) is 10.5 Å². The van der Waals surface area contributed by atoms with Crippen molar-refractivity contribution >= 4 is 46.5 Å². The Labute approximate surface area is 257 Å². The Hall–Kier alpha value is -3.41. The molecule has 2 atom stereocenters. The van der Waals surface area contributed by atoms with E-state index in [9.17, 15) is 9.59 Å². The van der Waals surface area contributed by atoms with Gasteiger partial charge in [-0.15, -0.1) is 0 Å². The van der Waals surface area contributed by atoms with Crippen LogP contribution < -0.4 is 20.7 Å². The summed E-state index contributed by atoms with van der Waals surface area (Å²) >= 11 is 12.0. The van der Waals surface area contributed by atoms with E-state index in [0.717, 1.165) is 22.5 Å². The lowest BCUT2D eigenvalue weighted by Gasteiger charge is -2.34. The topological polar surface area (TPSA) is 114 Å². The first-order chi connectivity index (χ1) is 19.9. The van der Waals surface area contributed by atoms with Crippen molar-refractivity contribution in [3.05, 3.63) is 64.1 Å². The molecule has 2 aromatic rings. The molecule has 0 aliphatic carbocycles. The van der Waals surface area contributed by atoms with Crippen LogP contribution in [0.5, 0.6) is 5.75 Å². The molecule has 1 aromatic carbocycles. The summed E-state index contributed by atoms with van der Waals surface area (Å²) in [6.07, 6.45) is 3.23. The van der Waals surface area contributed by atoms with Gasteiger partial charge in [0.1, 0.15) is 29.0 Å². The number of amides is 2. The summed E-state index contributed by atoms with van der Waals surface area (Å²) in [7, 11) is 0. The summed E-state index contributed by atoms with van der Waals surface area (Å²) in [6, 6.07) is 7.29. The number of carbonyl (C=O) groups is 2. The normalized spacial score (nSPS) is 19.2. The monoisotopic (exact) mass is 615 g/mol. The van der Waals surface area contributed by atoms with E-state index in [4.69, 9.17) is 38.0 Å². The molecule has 0 bridgehead atoms. The molecule has 1 aromatic heterocycles. The average molecular weight is 616 g/mol. The number of morpholine rings is 1. The van der Waals surface area contributed by atoms with Crippen molar-refractivity contribution in [2.45, 2.75) is 65.3 Å². The zero-order valence-corrected chi connectivity index (χ0v) is 26.2. The first kappa shape index (κ1) is 31.5. The van der Waals surface area contributed by atoms with Gasteiger partial charge in [0.05, 0.1) is 24.9 Å². The third kappa shape index (κ3) is 8.33. The standard InChI is InChI=1S/C30H38ClN5O5S/c1-18-13-24(26(27(37)34-18)28(42)35-23-8-6-7-22(31)19(23)2)33-14-20-9-10-32-15-25(20)40-17-21-16-36(11-12-39-21)29(38)41-30(3,4)5/h6-10,15,18,21,33H,11-14,16-17H2,1-5H3,(H,34,37)(H,35,42)/t18-,21-/m1/s1. The van der Waals surface area contributed by atoms with Crippen LogP contribution in [0, 0.1) is 6.92 Å². The van der Waals surface area contributed by atoms with E-state index in [1.165, 1.54) is 0 Å². The molecule has 3 heterocycles. The number of thiocarbonyl (C=S) groups is 1. The van der Waals surface area contributed by atoms with Crippen molar-refractivity contribution in [1.82, 2.24) is 20.5 Å². The lowest BCUT2D eigenvalue weighted by molar-refractivity contribution is -0.118. The van der Waals surface area contributed by atoms with E-state index in [2.05, 4.69) is 20.9 Å². The molecule has 1 saturated heterocycles. The number of benzene rings is 1. The van der Waals surface area contributed by atoms with E-state index >= 15 is 0 Å². The summed E-state index contributed by atoms with van der Waals surface area (Å²) in [5, 5.41) is 10.2. The van der Waals surface area contributed by atoms with Gasteiger partial charge in [0, 0.05) is 53.7 Å². The van der Waals surface area contributed by atoms with Crippen LogP contribution in [-0.4, -0.2) is 70.9 Å². The van der Waals surface area contributed by atoms with Crippen LogP contribution in [0.1, 0.15) is 45.2 Å². The number of hydrogen-bond acceptors (Lipinski definition) is 8. The van der Waals surface area contributed by atoms with Crippen molar-refractivity contribution in [2.75, 3.05) is 31.6 Å². The van der Waals surface area contributed by atoms with Gasteiger partial charge in [-0.2, -0.15) is 0 Å². The highest BCUT2D eigenvalue weighted by molar-refractivity contribution is 7.81. The SMILES string of the molecule is Cc1c(Cl)cccc1NC(=S)C1=C(NCc2ccncc2OC[C@H]2CN(C(=O)OC(C)(C)C)CCO2)C[C@@H](C)NC1=O. The second kappa shape index (κ2) is 13.7. The molecule has 12 heteroatoms.